The molecule has 0 saturated carbocycles. The zero-order chi connectivity index (χ0) is 22.9. The average Bonchev–Trinajstić information content (AvgIpc) is 3.43. The molecule has 0 unspecified atom stereocenters. The van der Waals surface area contributed by atoms with Crippen molar-refractivity contribution < 1.29 is 13.9 Å². The molecule has 4 aromatic rings. The summed E-state index contributed by atoms with van der Waals surface area (Å²) in [6.07, 6.45) is 2.19. The van der Waals surface area contributed by atoms with Crippen LogP contribution in [0.15, 0.2) is 54.9 Å². The van der Waals surface area contributed by atoms with Gasteiger partial charge in [0.05, 0.1) is 29.8 Å². The molecule has 1 amide bonds. The summed E-state index contributed by atoms with van der Waals surface area (Å²) in [7, 11) is 0. The largest absolute Gasteiger partial charge is 0.455 e. The Balaban J connectivity index is 1.62. The van der Waals surface area contributed by atoms with Crippen molar-refractivity contribution in [3.8, 4) is 29.1 Å². The zero-order valence-electron chi connectivity index (χ0n) is 17.7. The number of benzene rings is 1. The third-order valence-electron chi connectivity index (χ3n) is 5.61. The number of H-pyrrole nitrogens is 1. The number of pyridine rings is 2. The molecular formula is C24H19FN6O2. The molecule has 1 aliphatic rings. The first-order chi connectivity index (χ1) is 16.0. The zero-order valence-corrected chi connectivity index (χ0v) is 17.7. The van der Waals surface area contributed by atoms with Crippen LogP contribution in [0.2, 0.25) is 0 Å². The summed E-state index contributed by atoms with van der Waals surface area (Å²) >= 11 is 0. The average molecular weight is 442 g/mol. The highest BCUT2D eigenvalue weighted by atomic mass is 19.1. The highest BCUT2D eigenvalue weighted by molar-refractivity contribution is 5.82. The van der Waals surface area contributed by atoms with Crippen LogP contribution in [0.25, 0.3) is 22.6 Å². The van der Waals surface area contributed by atoms with Crippen molar-refractivity contribution in [3.63, 3.8) is 0 Å². The van der Waals surface area contributed by atoms with Gasteiger partial charge in [-0.05, 0) is 30.3 Å². The highest BCUT2D eigenvalue weighted by Crippen LogP contribution is 2.41. The number of fused-ring (bicyclic) bond motifs is 1. The van der Waals surface area contributed by atoms with Gasteiger partial charge in [-0.2, -0.15) is 5.26 Å². The van der Waals surface area contributed by atoms with E-state index < -0.39 is 12.2 Å². The van der Waals surface area contributed by atoms with Gasteiger partial charge in [0.25, 0.3) is 0 Å². The van der Waals surface area contributed by atoms with E-state index in [1.165, 1.54) is 18.0 Å². The lowest BCUT2D eigenvalue weighted by molar-refractivity contribution is -0.129. The maximum Gasteiger partial charge on any atom is 0.220 e. The van der Waals surface area contributed by atoms with Crippen molar-refractivity contribution in [3.05, 3.63) is 66.1 Å². The van der Waals surface area contributed by atoms with Gasteiger partial charge in [0.2, 0.25) is 5.91 Å². The SMILES string of the molecule is CC(=O)N1C[C@@H](F)C[C@H]1c1cc2[nH]c(-c3ccccn3)nc2cc1Oc1ccc(C#N)nc1. The Kier molecular flexibility index (Phi) is 5.18. The van der Waals surface area contributed by atoms with E-state index >= 15 is 0 Å². The van der Waals surface area contributed by atoms with Gasteiger partial charge < -0.3 is 14.6 Å². The number of halogens is 1. The maximum absolute atomic E-state index is 14.3. The predicted molar refractivity (Wildman–Crippen MR) is 118 cm³/mol. The van der Waals surface area contributed by atoms with E-state index in [2.05, 4.69) is 19.9 Å². The number of alkyl halides is 1. The number of hydrogen-bond donors (Lipinski definition) is 1. The molecule has 9 heteroatoms. The lowest BCUT2D eigenvalue weighted by atomic mass is 10.0. The summed E-state index contributed by atoms with van der Waals surface area (Å²) in [5.74, 6) is 1.25. The molecule has 1 saturated heterocycles. The van der Waals surface area contributed by atoms with Gasteiger partial charge in [0.1, 0.15) is 35.1 Å². The van der Waals surface area contributed by atoms with Gasteiger partial charge in [0, 0.05) is 31.2 Å². The van der Waals surface area contributed by atoms with Crippen LogP contribution in [0.3, 0.4) is 0 Å². The molecule has 3 aromatic heterocycles. The van der Waals surface area contributed by atoms with E-state index in [4.69, 9.17) is 10.00 Å². The number of amides is 1. The maximum atomic E-state index is 14.3. The lowest BCUT2D eigenvalue weighted by Crippen LogP contribution is -2.29. The number of hydrogen-bond acceptors (Lipinski definition) is 6. The molecule has 33 heavy (non-hydrogen) atoms. The Labute approximate surface area is 188 Å². The number of aromatic nitrogens is 4. The summed E-state index contributed by atoms with van der Waals surface area (Å²) in [5.41, 5.74) is 2.98. The van der Waals surface area contributed by atoms with E-state index in [-0.39, 0.29) is 24.6 Å². The molecule has 0 aliphatic carbocycles. The molecule has 2 atom stereocenters. The van der Waals surface area contributed by atoms with Crippen molar-refractivity contribution in [2.45, 2.75) is 25.6 Å². The Bertz CT molecular complexity index is 1360. The molecule has 5 rings (SSSR count). The van der Waals surface area contributed by atoms with E-state index in [1.807, 2.05) is 30.3 Å². The second-order valence-electron chi connectivity index (χ2n) is 7.82. The van der Waals surface area contributed by atoms with E-state index in [9.17, 15) is 9.18 Å². The quantitative estimate of drug-likeness (QED) is 0.504. The fourth-order valence-electron chi connectivity index (χ4n) is 4.09. The number of nitriles is 1. The first kappa shape index (κ1) is 20.6. The number of carbonyl (C=O) groups excluding carboxylic acids is 1. The van der Waals surface area contributed by atoms with Crippen LogP contribution in [0, 0.1) is 11.3 Å². The van der Waals surface area contributed by atoms with Crippen molar-refractivity contribution in [1.82, 2.24) is 24.8 Å². The Morgan fingerprint density at radius 3 is 2.85 bits per heavy atom. The second kappa shape index (κ2) is 8.31. The second-order valence-corrected chi connectivity index (χ2v) is 7.82. The predicted octanol–water partition coefficient (Wildman–Crippen LogP) is 4.32. The Hall–Kier alpha value is -4.32. The monoisotopic (exact) mass is 442 g/mol. The normalized spacial score (nSPS) is 17.8. The van der Waals surface area contributed by atoms with E-state index in [1.54, 1.807) is 24.4 Å². The van der Waals surface area contributed by atoms with Crippen molar-refractivity contribution >= 4 is 16.9 Å². The summed E-state index contributed by atoms with van der Waals surface area (Å²) in [5, 5.41) is 8.98. The minimum Gasteiger partial charge on any atom is -0.455 e. The smallest absolute Gasteiger partial charge is 0.220 e. The molecule has 0 bridgehead atoms. The third kappa shape index (κ3) is 3.99. The molecule has 1 N–H and O–H groups in total. The Morgan fingerprint density at radius 2 is 2.15 bits per heavy atom. The molecular weight excluding hydrogens is 423 g/mol. The van der Waals surface area contributed by atoms with Crippen LogP contribution in [0.1, 0.15) is 30.6 Å². The number of nitrogens with zero attached hydrogens (tertiary/aromatic N) is 5. The van der Waals surface area contributed by atoms with Crippen molar-refractivity contribution in [2.24, 2.45) is 0 Å². The van der Waals surface area contributed by atoms with E-state index in [0.717, 1.165) is 5.52 Å². The molecule has 4 heterocycles. The number of imidazole rings is 1. The van der Waals surface area contributed by atoms with Gasteiger partial charge in [-0.1, -0.05) is 6.07 Å². The van der Waals surface area contributed by atoms with E-state index in [0.29, 0.717) is 34.1 Å². The van der Waals surface area contributed by atoms with Crippen LogP contribution in [0.4, 0.5) is 4.39 Å². The summed E-state index contributed by atoms with van der Waals surface area (Å²) in [6, 6.07) is 13.8. The molecule has 1 aromatic carbocycles. The fraction of sp³-hybridized carbons (Fsp3) is 0.208. The van der Waals surface area contributed by atoms with Crippen LogP contribution < -0.4 is 4.74 Å². The molecule has 164 valence electrons. The number of ether oxygens (including phenoxy) is 1. The van der Waals surface area contributed by atoms with Crippen LogP contribution in [-0.4, -0.2) is 43.5 Å². The number of rotatable bonds is 4. The highest BCUT2D eigenvalue weighted by Gasteiger charge is 2.37. The van der Waals surface area contributed by atoms with Gasteiger partial charge in [-0.3, -0.25) is 9.78 Å². The van der Waals surface area contributed by atoms with Crippen molar-refractivity contribution in [1.29, 1.82) is 5.26 Å². The molecule has 8 nitrogen and oxygen atoms in total. The fourth-order valence-corrected chi connectivity index (χ4v) is 4.09. The number of likely N-dealkylation sites (tertiary alicyclic amines) is 1. The summed E-state index contributed by atoms with van der Waals surface area (Å²) < 4.78 is 20.5. The molecule has 1 aliphatic heterocycles. The first-order valence-electron chi connectivity index (χ1n) is 10.4. The first-order valence-corrected chi connectivity index (χ1v) is 10.4. The van der Waals surface area contributed by atoms with Gasteiger partial charge in [-0.25, -0.2) is 14.4 Å². The Morgan fingerprint density at radius 1 is 1.27 bits per heavy atom. The number of carbonyl (C=O) groups is 1. The van der Waals surface area contributed by atoms with Gasteiger partial charge >= 0.3 is 0 Å². The van der Waals surface area contributed by atoms with Crippen molar-refractivity contribution in [2.75, 3.05) is 6.54 Å². The molecule has 0 spiro atoms. The van der Waals surface area contributed by atoms with Gasteiger partial charge in [-0.15, -0.1) is 0 Å². The van der Waals surface area contributed by atoms with Crippen LogP contribution in [-0.2, 0) is 4.79 Å². The number of nitrogens with one attached hydrogen (secondary N) is 1. The topological polar surface area (TPSA) is 108 Å². The summed E-state index contributed by atoms with van der Waals surface area (Å²) in [4.78, 5) is 30.0. The third-order valence-corrected chi connectivity index (χ3v) is 5.61. The number of aromatic amines is 1. The van der Waals surface area contributed by atoms with Gasteiger partial charge in [0.15, 0.2) is 5.82 Å². The lowest BCUT2D eigenvalue weighted by Gasteiger charge is -2.25. The summed E-state index contributed by atoms with van der Waals surface area (Å²) in [6.45, 7) is 1.47. The standard InChI is InChI=1S/C24H19FN6O2/c1-14(32)31-13-15(25)8-22(31)18-9-20-21(30-24(29-20)19-4-2-3-7-27-19)10-23(18)33-17-6-5-16(11-26)28-12-17/h2-7,9-10,12,15,22H,8,13H2,1H3,(H,29,30)/t15-,22-/m0/s1. The molecule has 0 radical (unpaired) electrons. The minimum atomic E-state index is -1.12. The molecule has 1 fully saturated rings. The van der Waals surface area contributed by atoms with Crippen LogP contribution >= 0.6 is 0 Å². The minimum absolute atomic E-state index is 0.0397. The van der Waals surface area contributed by atoms with Crippen LogP contribution in [0.5, 0.6) is 11.5 Å².